The topological polar surface area (TPSA) is 32.3 Å². The molecular weight excluding hydrogens is 217 g/mol. The minimum absolute atomic E-state index is 0.123. The Balaban J connectivity index is 2.11. The lowest BCUT2D eigenvalue weighted by atomic mass is 9.97. The third-order valence-corrected chi connectivity index (χ3v) is 3.20. The van der Waals surface area contributed by atoms with E-state index in [4.69, 9.17) is 0 Å². The molecule has 1 atom stereocenters. The molecule has 86 valence electrons. The lowest BCUT2D eigenvalue weighted by Crippen LogP contribution is -2.13. The van der Waals surface area contributed by atoms with Gasteiger partial charge in [-0.1, -0.05) is 30.3 Å². The van der Waals surface area contributed by atoms with E-state index in [1.165, 1.54) is 6.07 Å². The number of hydrogen-bond acceptors (Lipinski definition) is 2. The fraction of sp³-hybridized carbons (Fsp3) is 0.143. The van der Waals surface area contributed by atoms with Crippen molar-refractivity contribution in [2.24, 2.45) is 0 Å². The summed E-state index contributed by atoms with van der Waals surface area (Å²) in [5.74, 6) is 0.0510. The minimum Gasteiger partial charge on any atom is -0.508 e. The SMILES string of the molecule is Oc1ccccc1C1NCc2c(F)cccc21. The third-order valence-electron chi connectivity index (χ3n) is 3.20. The van der Waals surface area contributed by atoms with Gasteiger partial charge in [0.05, 0.1) is 6.04 Å². The van der Waals surface area contributed by atoms with E-state index in [1.807, 2.05) is 18.2 Å². The fourth-order valence-corrected chi connectivity index (χ4v) is 2.36. The Morgan fingerprint density at radius 3 is 2.65 bits per heavy atom. The van der Waals surface area contributed by atoms with Crippen LogP contribution in [-0.4, -0.2) is 5.11 Å². The number of para-hydroxylation sites is 1. The summed E-state index contributed by atoms with van der Waals surface area (Å²) in [7, 11) is 0. The predicted octanol–water partition coefficient (Wildman–Crippen LogP) is 2.72. The van der Waals surface area contributed by atoms with E-state index >= 15 is 0 Å². The van der Waals surface area contributed by atoms with Crippen molar-refractivity contribution in [2.45, 2.75) is 12.6 Å². The average Bonchev–Trinajstić information content (AvgIpc) is 2.75. The van der Waals surface area contributed by atoms with Gasteiger partial charge in [0.2, 0.25) is 0 Å². The Bertz CT molecular complexity index is 568. The summed E-state index contributed by atoms with van der Waals surface area (Å²) in [6.45, 7) is 0.501. The normalized spacial score (nSPS) is 18.1. The molecule has 0 radical (unpaired) electrons. The van der Waals surface area contributed by atoms with E-state index in [0.717, 1.165) is 11.1 Å². The lowest BCUT2D eigenvalue weighted by molar-refractivity contribution is 0.460. The number of phenolic OH excluding ortho intramolecular Hbond substituents is 1. The number of hydrogen-bond donors (Lipinski definition) is 2. The van der Waals surface area contributed by atoms with Crippen molar-refractivity contribution >= 4 is 0 Å². The zero-order valence-electron chi connectivity index (χ0n) is 9.15. The van der Waals surface area contributed by atoms with Gasteiger partial charge in [0.25, 0.3) is 0 Å². The molecule has 0 aromatic heterocycles. The molecule has 2 nitrogen and oxygen atoms in total. The van der Waals surface area contributed by atoms with Gasteiger partial charge in [-0.25, -0.2) is 4.39 Å². The van der Waals surface area contributed by atoms with Crippen molar-refractivity contribution in [1.29, 1.82) is 0 Å². The molecule has 0 bridgehead atoms. The molecule has 0 fully saturated rings. The molecule has 0 amide bonds. The summed E-state index contributed by atoms with van der Waals surface area (Å²) < 4.78 is 13.6. The molecule has 1 heterocycles. The van der Waals surface area contributed by atoms with E-state index in [0.29, 0.717) is 12.1 Å². The molecule has 1 aliphatic rings. The Morgan fingerprint density at radius 1 is 1.06 bits per heavy atom. The highest BCUT2D eigenvalue weighted by Gasteiger charge is 2.26. The van der Waals surface area contributed by atoms with Gasteiger partial charge in [-0.05, 0) is 17.7 Å². The first kappa shape index (κ1) is 10.3. The minimum atomic E-state index is -0.187. The van der Waals surface area contributed by atoms with Crippen molar-refractivity contribution < 1.29 is 9.50 Å². The second-order valence-electron chi connectivity index (χ2n) is 4.18. The summed E-state index contributed by atoms with van der Waals surface area (Å²) in [5, 5.41) is 13.1. The van der Waals surface area contributed by atoms with E-state index < -0.39 is 0 Å². The molecule has 0 aliphatic carbocycles. The standard InChI is InChI=1S/C14H12FNO/c15-12-6-3-5-9-11(12)8-16-14(9)10-4-1-2-7-13(10)17/h1-7,14,16-17H,8H2. The summed E-state index contributed by atoms with van der Waals surface area (Å²) in [4.78, 5) is 0. The number of nitrogens with one attached hydrogen (secondary N) is 1. The first-order chi connectivity index (χ1) is 8.27. The number of fused-ring (bicyclic) bond motifs is 1. The highest BCUT2D eigenvalue weighted by Crippen LogP contribution is 2.35. The van der Waals surface area contributed by atoms with Gasteiger partial charge in [-0.3, -0.25) is 0 Å². The maximum atomic E-state index is 13.6. The Labute approximate surface area is 98.7 Å². The van der Waals surface area contributed by atoms with Gasteiger partial charge in [-0.2, -0.15) is 0 Å². The van der Waals surface area contributed by atoms with Crippen LogP contribution in [-0.2, 0) is 6.54 Å². The second kappa shape index (κ2) is 3.86. The van der Waals surface area contributed by atoms with Gasteiger partial charge in [-0.15, -0.1) is 0 Å². The highest BCUT2D eigenvalue weighted by molar-refractivity contribution is 5.46. The molecule has 3 rings (SSSR count). The first-order valence-electron chi connectivity index (χ1n) is 5.56. The number of benzene rings is 2. The van der Waals surface area contributed by atoms with Crippen molar-refractivity contribution in [3.63, 3.8) is 0 Å². The molecule has 0 spiro atoms. The molecule has 0 saturated carbocycles. The molecule has 1 aliphatic heterocycles. The number of rotatable bonds is 1. The van der Waals surface area contributed by atoms with Crippen LogP contribution in [0.4, 0.5) is 4.39 Å². The molecular formula is C14H12FNO. The third kappa shape index (κ3) is 1.59. The molecule has 0 saturated heterocycles. The van der Waals surface area contributed by atoms with E-state index in [2.05, 4.69) is 5.32 Å². The van der Waals surface area contributed by atoms with Crippen LogP contribution in [0, 0.1) is 5.82 Å². The van der Waals surface area contributed by atoms with E-state index in [-0.39, 0.29) is 17.6 Å². The van der Waals surface area contributed by atoms with E-state index in [9.17, 15) is 9.50 Å². The quantitative estimate of drug-likeness (QED) is 0.788. The Hall–Kier alpha value is -1.87. The maximum absolute atomic E-state index is 13.6. The monoisotopic (exact) mass is 229 g/mol. The number of halogens is 1. The molecule has 1 unspecified atom stereocenters. The molecule has 2 aromatic rings. The maximum Gasteiger partial charge on any atom is 0.128 e. The second-order valence-corrected chi connectivity index (χ2v) is 4.18. The predicted molar refractivity (Wildman–Crippen MR) is 63.2 cm³/mol. The zero-order chi connectivity index (χ0) is 11.8. The smallest absolute Gasteiger partial charge is 0.128 e. The first-order valence-corrected chi connectivity index (χ1v) is 5.56. The average molecular weight is 229 g/mol. The summed E-state index contributed by atoms with van der Waals surface area (Å²) in [6.07, 6.45) is 0. The summed E-state index contributed by atoms with van der Waals surface area (Å²) in [5.41, 5.74) is 2.39. The lowest BCUT2D eigenvalue weighted by Gasteiger charge is -2.14. The van der Waals surface area contributed by atoms with Crippen LogP contribution in [0.5, 0.6) is 5.75 Å². The van der Waals surface area contributed by atoms with Gasteiger partial charge >= 0.3 is 0 Å². The summed E-state index contributed by atoms with van der Waals surface area (Å²) in [6, 6.07) is 12.1. The van der Waals surface area contributed by atoms with Crippen LogP contribution in [0.25, 0.3) is 0 Å². The van der Waals surface area contributed by atoms with Crippen LogP contribution >= 0.6 is 0 Å². The number of aromatic hydroxyl groups is 1. The highest BCUT2D eigenvalue weighted by atomic mass is 19.1. The largest absolute Gasteiger partial charge is 0.508 e. The van der Waals surface area contributed by atoms with Crippen molar-refractivity contribution in [3.05, 3.63) is 65.0 Å². The van der Waals surface area contributed by atoms with Crippen molar-refractivity contribution in [1.82, 2.24) is 5.32 Å². The van der Waals surface area contributed by atoms with Crippen LogP contribution in [0.1, 0.15) is 22.7 Å². The van der Waals surface area contributed by atoms with Crippen LogP contribution in [0.3, 0.4) is 0 Å². The fourth-order valence-electron chi connectivity index (χ4n) is 2.36. The molecule has 2 N–H and O–H groups in total. The Kier molecular flexibility index (Phi) is 2.34. The van der Waals surface area contributed by atoms with Crippen LogP contribution in [0.2, 0.25) is 0 Å². The van der Waals surface area contributed by atoms with Gasteiger partial charge in [0.1, 0.15) is 11.6 Å². The summed E-state index contributed by atoms with van der Waals surface area (Å²) >= 11 is 0. The molecule has 17 heavy (non-hydrogen) atoms. The van der Waals surface area contributed by atoms with Crippen LogP contribution < -0.4 is 5.32 Å². The van der Waals surface area contributed by atoms with Gasteiger partial charge < -0.3 is 10.4 Å². The number of phenols is 1. The van der Waals surface area contributed by atoms with Crippen molar-refractivity contribution in [3.8, 4) is 5.75 Å². The van der Waals surface area contributed by atoms with E-state index in [1.54, 1.807) is 18.2 Å². The van der Waals surface area contributed by atoms with Gasteiger partial charge in [0, 0.05) is 17.7 Å². The molecule has 2 aromatic carbocycles. The zero-order valence-corrected chi connectivity index (χ0v) is 9.15. The van der Waals surface area contributed by atoms with Crippen molar-refractivity contribution in [2.75, 3.05) is 0 Å². The van der Waals surface area contributed by atoms with Crippen LogP contribution in [0.15, 0.2) is 42.5 Å². The van der Waals surface area contributed by atoms with Gasteiger partial charge in [0.15, 0.2) is 0 Å². The Morgan fingerprint density at radius 2 is 1.82 bits per heavy atom. The molecule has 3 heteroatoms.